The predicted octanol–water partition coefficient (Wildman–Crippen LogP) is 14.2. The number of rotatable bonds is 2. The molecule has 0 spiro atoms. The van der Waals surface area contributed by atoms with Crippen molar-refractivity contribution in [2.45, 2.75) is 38.5 Å². The zero-order valence-electron chi connectivity index (χ0n) is 30.0. The molecule has 11 rings (SSSR count). The maximum absolute atomic E-state index is 2.52. The van der Waals surface area contributed by atoms with Gasteiger partial charge < -0.3 is 0 Å². The Morgan fingerprint density at radius 1 is 0.269 bits per heavy atom. The molecule has 0 radical (unpaired) electrons. The number of hydrogen-bond donors (Lipinski definition) is 0. The van der Waals surface area contributed by atoms with Gasteiger partial charge in [0.15, 0.2) is 0 Å². The van der Waals surface area contributed by atoms with Crippen molar-refractivity contribution in [1.29, 1.82) is 0 Å². The molecule has 9 aromatic carbocycles. The first-order valence-corrected chi connectivity index (χ1v) is 18.6. The zero-order chi connectivity index (χ0) is 34.9. The van der Waals surface area contributed by atoms with Gasteiger partial charge in [-0.25, -0.2) is 0 Å². The van der Waals surface area contributed by atoms with Gasteiger partial charge in [-0.3, -0.25) is 0 Å². The molecule has 0 unspecified atom stereocenters. The van der Waals surface area contributed by atoms with E-state index in [1.165, 1.54) is 110 Å². The van der Waals surface area contributed by atoms with E-state index in [4.69, 9.17) is 0 Å². The molecule has 0 amide bonds. The average Bonchev–Trinajstić information content (AvgIpc) is 3.54. The van der Waals surface area contributed by atoms with Crippen molar-refractivity contribution in [3.63, 3.8) is 0 Å². The van der Waals surface area contributed by atoms with Gasteiger partial charge in [0.2, 0.25) is 0 Å². The minimum Gasteiger partial charge on any atom is -0.0622 e. The molecular formula is C52H38. The van der Waals surface area contributed by atoms with Crippen LogP contribution in [0.5, 0.6) is 0 Å². The molecule has 9 aromatic rings. The van der Waals surface area contributed by atoms with E-state index >= 15 is 0 Å². The number of benzene rings is 9. The van der Waals surface area contributed by atoms with Crippen LogP contribution in [0.15, 0.2) is 158 Å². The first-order valence-electron chi connectivity index (χ1n) is 18.6. The molecule has 0 heteroatoms. The van der Waals surface area contributed by atoms with Crippen LogP contribution in [0.4, 0.5) is 0 Å². The normalized spacial score (nSPS) is 14.8. The summed E-state index contributed by atoms with van der Waals surface area (Å²) in [4.78, 5) is 0. The molecule has 0 fully saturated rings. The molecule has 0 saturated heterocycles. The van der Waals surface area contributed by atoms with Gasteiger partial charge in [0.1, 0.15) is 0 Å². The van der Waals surface area contributed by atoms with Crippen molar-refractivity contribution in [3.8, 4) is 44.5 Å². The SMILES string of the molecule is CC1(C)c2ccccc2-c2cc3c(-c4ccccc4)cc4cc5c(cc(-c6ccccc6)c6cc7c(cc65)C(C)(C)c5ccccc5-7)cc4c3cc21. The van der Waals surface area contributed by atoms with Crippen LogP contribution in [0.1, 0.15) is 49.9 Å². The smallest absolute Gasteiger partial charge is 0.0159 e. The summed E-state index contributed by atoms with van der Waals surface area (Å²) in [7, 11) is 0. The third-order valence-corrected chi connectivity index (χ3v) is 12.6. The van der Waals surface area contributed by atoms with Crippen molar-refractivity contribution in [3.05, 3.63) is 180 Å². The van der Waals surface area contributed by atoms with Crippen molar-refractivity contribution >= 4 is 43.1 Å². The van der Waals surface area contributed by atoms with E-state index in [0.29, 0.717) is 0 Å². The summed E-state index contributed by atoms with van der Waals surface area (Å²) < 4.78 is 0. The van der Waals surface area contributed by atoms with Crippen LogP contribution in [0.3, 0.4) is 0 Å². The summed E-state index contributed by atoms with van der Waals surface area (Å²) in [6, 6.07) is 59.8. The van der Waals surface area contributed by atoms with Gasteiger partial charge in [-0.15, -0.1) is 0 Å². The Labute approximate surface area is 305 Å². The first-order chi connectivity index (χ1) is 25.3. The lowest BCUT2D eigenvalue weighted by molar-refractivity contribution is 0.661. The van der Waals surface area contributed by atoms with E-state index in [-0.39, 0.29) is 10.8 Å². The number of fused-ring (bicyclic) bond motifs is 12. The molecule has 0 heterocycles. The maximum Gasteiger partial charge on any atom is 0.0159 e. The molecule has 52 heavy (non-hydrogen) atoms. The monoisotopic (exact) mass is 662 g/mol. The first kappa shape index (κ1) is 29.7. The predicted molar refractivity (Wildman–Crippen MR) is 222 cm³/mol. The summed E-state index contributed by atoms with van der Waals surface area (Å²) in [6.07, 6.45) is 0. The quantitative estimate of drug-likeness (QED) is 0.128. The summed E-state index contributed by atoms with van der Waals surface area (Å²) >= 11 is 0. The molecule has 246 valence electrons. The zero-order valence-corrected chi connectivity index (χ0v) is 30.0. The van der Waals surface area contributed by atoms with E-state index in [0.717, 1.165) is 0 Å². The standard InChI is InChI=1S/C52H38/c1-51(2)47-21-13-11-19-35(47)45-27-41-37(31-15-7-5-8-16-31)23-33-26-40-34(25-39(33)43(41)29-49(45)51)24-38(32-17-9-6-10-18-32)42-28-46-36-20-12-14-22-48(36)52(3,4)50(46)30-44(40)42/h5-30H,1-4H3. The van der Waals surface area contributed by atoms with Gasteiger partial charge in [0.25, 0.3) is 0 Å². The number of hydrogen-bond acceptors (Lipinski definition) is 0. The lowest BCUT2D eigenvalue weighted by Crippen LogP contribution is -2.14. The second-order valence-corrected chi connectivity index (χ2v) is 16.1. The molecular weight excluding hydrogens is 625 g/mol. The van der Waals surface area contributed by atoms with Crippen molar-refractivity contribution in [2.24, 2.45) is 0 Å². The highest BCUT2D eigenvalue weighted by Crippen LogP contribution is 2.54. The Morgan fingerprint density at radius 2 is 0.654 bits per heavy atom. The molecule has 0 aromatic heterocycles. The highest BCUT2D eigenvalue weighted by molar-refractivity contribution is 6.23. The van der Waals surface area contributed by atoms with Gasteiger partial charge in [-0.05, 0) is 158 Å². The maximum atomic E-state index is 2.52. The molecule has 0 nitrogen and oxygen atoms in total. The van der Waals surface area contributed by atoms with Gasteiger partial charge in [-0.2, -0.15) is 0 Å². The van der Waals surface area contributed by atoms with E-state index in [9.17, 15) is 0 Å². The van der Waals surface area contributed by atoms with E-state index in [1.807, 2.05) is 0 Å². The summed E-state index contributed by atoms with van der Waals surface area (Å²) in [6.45, 7) is 9.55. The molecule has 0 saturated carbocycles. The average molecular weight is 663 g/mol. The van der Waals surface area contributed by atoms with Crippen LogP contribution in [0.2, 0.25) is 0 Å². The second kappa shape index (κ2) is 10.3. The van der Waals surface area contributed by atoms with Gasteiger partial charge in [0.05, 0.1) is 0 Å². The molecule has 0 bridgehead atoms. The summed E-state index contributed by atoms with van der Waals surface area (Å²) in [5.41, 5.74) is 16.0. The fourth-order valence-electron chi connectivity index (χ4n) is 9.90. The van der Waals surface area contributed by atoms with E-state index in [2.05, 4.69) is 185 Å². The summed E-state index contributed by atoms with van der Waals surface area (Å²) in [5, 5.41) is 10.5. The Morgan fingerprint density at radius 3 is 1.08 bits per heavy atom. The fourth-order valence-corrected chi connectivity index (χ4v) is 9.90. The lowest BCUT2D eigenvalue weighted by Gasteiger charge is -2.23. The van der Waals surface area contributed by atoms with Crippen molar-refractivity contribution < 1.29 is 0 Å². The lowest BCUT2D eigenvalue weighted by atomic mass is 9.80. The Hall–Kier alpha value is -5.98. The largest absolute Gasteiger partial charge is 0.0622 e. The minimum atomic E-state index is -0.0759. The Balaban J connectivity index is 1.28. The molecule has 0 atom stereocenters. The fraction of sp³-hybridized carbons (Fsp3) is 0.115. The Bertz CT molecular complexity index is 2770. The van der Waals surface area contributed by atoms with Crippen LogP contribution in [0, 0.1) is 0 Å². The molecule has 0 N–H and O–H groups in total. The van der Waals surface area contributed by atoms with Crippen LogP contribution in [-0.4, -0.2) is 0 Å². The van der Waals surface area contributed by atoms with Crippen LogP contribution in [0.25, 0.3) is 87.6 Å². The highest BCUT2D eigenvalue weighted by atomic mass is 14.4. The summed E-state index contributed by atoms with van der Waals surface area (Å²) in [5.74, 6) is 0. The van der Waals surface area contributed by atoms with Gasteiger partial charge >= 0.3 is 0 Å². The van der Waals surface area contributed by atoms with Crippen LogP contribution < -0.4 is 0 Å². The highest BCUT2D eigenvalue weighted by Gasteiger charge is 2.37. The van der Waals surface area contributed by atoms with E-state index in [1.54, 1.807) is 0 Å². The third-order valence-electron chi connectivity index (χ3n) is 12.6. The Kier molecular flexibility index (Phi) is 5.89. The third kappa shape index (κ3) is 3.93. The van der Waals surface area contributed by atoms with Crippen molar-refractivity contribution in [2.75, 3.05) is 0 Å². The molecule has 0 aliphatic heterocycles. The molecule has 2 aliphatic rings. The van der Waals surface area contributed by atoms with Gasteiger partial charge in [0, 0.05) is 10.8 Å². The minimum absolute atomic E-state index is 0.0759. The topological polar surface area (TPSA) is 0 Å². The van der Waals surface area contributed by atoms with Crippen molar-refractivity contribution in [1.82, 2.24) is 0 Å². The second-order valence-electron chi connectivity index (χ2n) is 16.1. The van der Waals surface area contributed by atoms with Crippen LogP contribution >= 0.6 is 0 Å². The van der Waals surface area contributed by atoms with E-state index < -0.39 is 0 Å². The van der Waals surface area contributed by atoms with Crippen LogP contribution in [-0.2, 0) is 10.8 Å². The molecule has 2 aliphatic carbocycles. The van der Waals surface area contributed by atoms with Gasteiger partial charge in [-0.1, -0.05) is 137 Å².